The Morgan fingerprint density at radius 3 is 2.43 bits per heavy atom. The minimum Gasteiger partial charge on any atom is -0.370 e. The first kappa shape index (κ1) is 15.9. The Balaban J connectivity index is 1.75. The molecule has 3 nitrogen and oxygen atoms in total. The molecule has 4 heteroatoms. The van der Waals surface area contributed by atoms with Gasteiger partial charge in [0.05, 0.1) is 10.7 Å². The lowest BCUT2D eigenvalue weighted by atomic mass is 10.1. The highest BCUT2D eigenvalue weighted by atomic mass is 35.5. The number of anilines is 2. The number of carbonyl (C=O) groups excluding carboxylic acids is 1. The number of benzene rings is 2. The molecule has 1 heterocycles. The van der Waals surface area contributed by atoms with E-state index in [1.807, 2.05) is 50.2 Å². The molecule has 0 spiro atoms. The average molecular weight is 329 g/mol. The van der Waals surface area contributed by atoms with Gasteiger partial charge in [-0.1, -0.05) is 17.7 Å². The summed E-state index contributed by atoms with van der Waals surface area (Å²) < 4.78 is 0. The van der Waals surface area contributed by atoms with Crippen LogP contribution >= 0.6 is 11.6 Å². The molecule has 1 N–H and O–H groups in total. The first-order valence-corrected chi connectivity index (χ1v) is 8.35. The van der Waals surface area contributed by atoms with E-state index in [9.17, 15) is 4.79 Å². The van der Waals surface area contributed by atoms with Crippen LogP contribution in [0.2, 0.25) is 5.02 Å². The average Bonchev–Trinajstić information content (AvgIpc) is 3.04. The van der Waals surface area contributed by atoms with Crippen LogP contribution in [0.5, 0.6) is 0 Å². The van der Waals surface area contributed by atoms with Gasteiger partial charge in [0, 0.05) is 24.3 Å². The molecule has 23 heavy (non-hydrogen) atoms. The molecule has 0 aliphatic carbocycles. The summed E-state index contributed by atoms with van der Waals surface area (Å²) in [5.41, 5.74) is 4.72. The topological polar surface area (TPSA) is 32.3 Å². The fraction of sp³-hybridized carbons (Fsp3) is 0.316. The van der Waals surface area contributed by atoms with Crippen molar-refractivity contribution in [2.45, 2.75) is 26.7 Å². The van der Waals surface area contributed by atoms with Gasteiger partial charge in [-0.3, -0.25) is 4.79 Å². The van der Waals surface area contributed by atoms with Crippen molar-refractivity contribution in [3.05, 3.63) is 58.1 Å². The largest absolute Gasteiger partial charge is 0.370 e. The Morgan fingerprint density at radius 1 is 1.04 bits per heavy atom. The third-order valence-electron chi connectivity index (χ3n) is 4.42. The van der Waals surface area contributed by atoms with Gasteiger partial charge >= 0.3 is 0 Å². The molecule has 0 saturated carbocycles. The molecule has 1 aliphatic rings. The Hall–Kier alpha value is -2.00. The van der Waals surface area contributed by atoms with Crippen molar-refractivity contribution in [1.82, 2.24) is 0 Å². The van der Waals surface area contributed by atoms with E-state index < -0.39 is 0 Å². The third kappa shape index (κ3) is 3.50. The lowest BCUT2D eigenvalue weighted by molar-refractivity contribution is 0.102. The van der Waals surface area contributed by atoms with Gasteiger partial charge < -0.3 is 10.2 Å². The van der Waals surface area contributed by atoms with Gasteiger partial charge in [-0.05, 0) is 68.1 Å². The molecule has 0 bridgehead atoms. The van der Waals surface area contributed by atoms with Crippen molar-refractivity contribution in [1.29, 1.82) is 0 Å². The number of halogens is 1. The monoisotopic (exact) mass is 328 g/mol. The summed E-state index contributed by atoms with van der Waals surface area (Å²) >= 11 is 6.39. The second-order valence-corrected chi connectivity index (χ2v) is 6.52. The van der Waals surface area contributed by atoms with Crippen LogP contribution in [0.4, 0.5) is 11.4 Å². The van der Waals surface area contributed by atoms with Gasteiger partial charge in [-0.25, -0.2) is 0 Å². The van der Waals surface area contributed by atoms with Crippen molar-refractivity contribution in [2.75, 3.05) is 23.3 Å². The van der Waals surface area contributed by atoms with Crippen LogP contribution in [-0.4, -0.2) is 19.0 Å². The van der Waals surface area contributed by atoms with E-state index in [0.29, 0.717) is 10.6 Å². The maximum absolute atomic E-state index is 12.4. The number of hydrogen-bond acceptors (Lipinski definition) is 2. The van der Waals surface area contributed by atoms with Crippen LogP contribution in [-0.2, 0) is 0 Å². The molecule has 2 aromatic rings. The van der Waals surface area contributed by atoms with Crippen molar-refractivity contribution in [3.8, 4) is 0 Å². The van der Waals surface area contributed by atoms with Gasteiger partial charge in [0.1, 0.15) is 0 Å². The lowest BCUT2D eigenvalue weighted by Crippen LogP contribution is -2.18. The van der Waals surface area contributed by atoms with E-state index in [1.165, 1.54) is 18.4 Å². The molecule has 0 atom stereocenters. The van der Waals surface area contributed by atoms with Gasteiger partial charge in [0.2, 0.25) is 0 Å². The smallest absolute Gasteiger partial charge is 0.255 e. The minimum atomic E-state index is -0.113. The van der Waals surface area contributed by atoms with Crippen molar-refractivity contribution in [2.24, 2.45) is 0 Å². The number of amides is 1. The molecule has 0 radical (unpaired) electrons. The highest BCUT2D eigenvalue weighted by Crippen LogP contribution is 2.31. The predicted molar refractivity (Wildman–Crippen MR) is 96.8 cm³/mol. The van der Waals surface area contributed by atoms with E-state index in [4.69, 9.17) is 11.6 Å². The molecule has 1 aliphatic heterocycles. The van der Waals surface area contributed by atoms with Gasteiger partial charge in [0.15, 0.2) is 0 Å². The van der Waals surface area contributed by atoms with Crippen molar-refractivity contribution in [3.63, 3.8) is 0 Å². The predicted octanol–water partition coefficient (Wildman–Crippen LogP) is 4.81. The first-order valence-electron chi connectivity index (χ1n) is 7.98. The Kier molecular flexibility index (Phi) is 4.58. The lowest BCUT2D eigenvalue weighted by Gasteiger charge is -2.19. The van der Waals surface area contributed by atoms with Crippen LogP contribution in [0.3, 0.4) is 0 Å². The Bertz CT molecular complexity index is 736. The molecule has 1 amide bonds. The summed E-state index contributed by atoms with van der Waals surface area (Å²) in [4.78, 5) is 14.7. The maximum atomic E-state index is 12.4. The summed E-state index contributed by atoms with van der Waals surface area (Å²) in [6.45, 7) is 6.14. The summed E-state index contributed by atoms with van der Waals surface area (Å²) in [7, 11) is 0. The van der Waals surface area contributed by atoms with Crippen LogP contribution in [0.15, 0.2) is 36.4 Å². The van der Waals surface area contributed by atoms with Crippen molar-refractivity contribution >= 4 is 28.9 Å². The number of nitrogens with zero attached hydrogens (tertiary/aromatic N) is 1. The van der Waals surface area contributed by atoms with E-state index in [-0.39, 0.29) is 5.91 Å². The standard InChI is InChI=1S/C19H21ClN2O/c1-13-5-6-15(11-14(13)2)19(23)21-16-7-8-18(17(20)12-16)22-9-3-4-10-22/h5-8,11-12H,3-4,9-10H2,1-2H3,(H,21,23). The molecular formula is C19H21ClN2O. The van der Waals surface area contributed by atoms with Gasteiger partial charge in [-0.2, -0.15) is 0 Å². The summed E-state index contributed by atoms with van der Waals surface area (Å²) in [5, 5.41) is 3.61. The number of nitrogens with one attached hydrogen (secondary N) is 1. The molecular weight excluding hydrogens is 308 g/mol. The van der Waals surface area contributed by atoms with E-state index in [0.717, 1.165) is 30.0 Å². The number of carbonyl (C=O) groups is 1. The van der Waals surface area contributed by atoms with Gasteiger partial charge in [-0.15, -0.1) is 0 Å². The number of rotatable bonds is 3. The first-order chi connectivity index (χ1) is 11.0. The summed E-state index contributed by atoms with van der Waals surface area (Å²) in [5.74, 6) is -0.113. The second kappa shape index (κ2) is 6.63. The minimum absolute atomic E-state index is 0.113. The zero-order valence-electron chi connectivity index (χ0n) is 13.5. The fourth-order valence-corrected chi connectivity index (χ4v) is 3.19. The number of aryl methyl sites for hydroxylation is 2. The molecule has 2 aromatic carbocycles. The van der Waals surface area contributed by atoms with Crippen molar-refractivity contribution < 1.29 is 4.79 Å². The number of hydrogen-bond donors (Lipinski definition) is 1. The normalized spacial score (nSPS) is 14.1. The molecule has 1 fully saturated rings. The zero-order valence-corrected chi connectivity index (χ0v) is 14.3. The SMILES string of the molecule is Cc1ccc(C(=O)Nc2ccc(N3CCCC3)c(Cl)c2)cc1C. The molecule has 1 saturated heterocycles. The van der Waals surface area contributed by atoms with Crippen LogP contribution in [0.1, 0.15) is 34.3 Å². The highest BCUT2D eigenvalue weighted by Gasteiger charge is 2.16. The van der Waals surface area contributed by atoms with E-state index in [1.54, 1.807) is 0 Å². The molecule has 3 rings (SSSR count). The fourth-order valence-electron chi connectivity index (χ4n) is 2.89. The zero-order chi connectivity index (χ0) is 16.4. The molecule has 120 valence electrons. The van der Waals surface area contributed by atoms with Crippen LogP contribution in [0, 0.1) is 13.8 Å². The third-order valence-corrected chi connectivity index (χ3v) is 4.72. The van der Waals surface area contributed by atoms with E-state index >= 15 is 0 Å². The van der Waals surface area contributed by atoms with Crippen LogP contribution < -0.4 is 10.2 Å². The summed E-state index contributed by atoms with van der Waals surface area (Å²) in [6, 6.07) is 11.5. The van der Waals surface area contributed by atoms with E-state index in [2.05, 4.69) is 10.2 Å². The van der Waals surface area contributed by atoms with Crippen LogP contribution in [0.25, 0.3) is 0 Å². The maximum Gasteiger partial charge on any atom is 0.255 e. The highest BCUT2D eigenvalue weighted by molar-refractivity contribution is 6.33. The van der Waals surface area contributed by atoms with Gasteiger partial charge in [0.25, 0.3) is 5.91 Å². The summed E-state index contributed by atoms with van der Waals surface area (Å²) in [6.07, 6.45) is 2.42. The Labute approximate surface area is 142 Å². The quantitative estimate of drug-likeness (QED) is 0.877. The second-order valence-electron chi connectivity index (χ2n) is 6.11. The molecule has 0 unspecified atom stereocenters. The Morgan fingerprint density at radius 2 is 1.78 bits per heavy atom. The molecule has 0 aromatic heterocycles.